The third-order valence-corrected chi connectivity index (χ3v) is 5.33. The molecular formula is C20H23N5O3S. The first-order chi connectivity index (χ1) is 13.9. The number of hydrogen-bond acceptors (Lipinski definition) is 7. The average molecular weight is 414 g/mol. The number of carbonyl (C=O) groups excluding carboxylic acids is 1. The summed E-state index contributed by atoms with van der Waals surface area (Å²) >= 11 is 1.23. The van der Waals surface area contributed by atoms with Crippen LogP contribution in [0.3, 0.4) is 0 Å². The molecule has 3 N–H and O–H groups in total. The van der Waals surface area contributed by atoms with Gasteiger partial charge in [0, 0.05) is 5.56 Å². The van der Waals surface area contributed by atoms with Gasteiger partial charge in [0.1, 0.15) is 11.5 Å². The number of nitrogens with zero attached hydrogens (tertiary/aromatic N) is 3. The maximum atomic E-state index is 12.7. The summed E-state index contributed by atoms with van der Waals surface area (Å²) in [5.74, 6) is 7.82. The Morgan fingerprint density at radius 1 is 1.14 bits per heavy atom. The highest BCUT2D eigenvalue weighted by atomic mass is 32.2. The number of nitrogen functional groups attached to an aromatic ring is 1. The zero-order valence-corrected chi connectivity index (χ0v) is 17.5. The lowest BCUT2D eigenvalue weighted by atomic mass is 10.2. The van der Waals surface area contributed by atoms with E-state index in [1.54, 1.807) is 21.1 Å². The van der Waals surface area contributed by atoms with Gasteiger partial charge < -0.3 is 20.6 Å². The van der Waals surface area contributed by atoms with Crippen molar-refractivity contribution >= 4 is 23.4 Å². The highest BCUT2D eigenvalue weighted by molar-refractivity contribution is 8.00. The van der Waals surface area contributed by atoms with Gasteiger partial charge in [0.05, 0.1) is 25.2 Å². The van der Waals surface area contributed by atoms with Gasteiger partial charge in [-0.15, -0.1) is 10.2 Å². The molecular weight excluding hydrogens is 390 g/mol. The highest BCUT2D eigenvalue weighted by Gasteiger charge is 2.21. The van der Waals surface area contributed by atoms with Crippen molar-refractivity contribution in [2.24, 2.45) is 0 Å². The molecule has 1 unspecified atom stereocenters. The van der Waals surface area contributed by atoms with Crippen LogP contribution in [0.1, 0.15) is 12.5 Å². The fraction of sp³-hybridized carbons (Fsp3) is 0.250. The Morgan fingerprint density at radius 2 is 1.86 bits per heavy atom. The molecule has 9 heteroatoms. The number of aryl methyl sites for hydroxylation is 1. The number of thioether (sulfide) groups is 1. The highest BCUT2D eigenvalue weighted by Crippen LogP contribution is 2.29. The maximum absolute atomic E-state index is 12.7. The number of rotatable bonds is 7. The summed E-state index contributed by atoms with van der Waals surface area (Å²) in [7, 11) is 3.17. The number of anilines is 1. The van der Waals surface area contributed by atoms with Gasteiger partial charge in [0.15, 0.2) is 5.82 Å². The molecule has 0 saturated heterocycles. The number of amides is 1. The van der Waals surface area contributed by atoms with Gasteiger partial charge in [-0.25, -0.2) is 4.68 Å². The average Bonchev–Trinajstić information content (AvgIpc) is 3.08. The first-order valence-corrected chi connectivity index (χ1v) is 9.78. The fourth-order valence-corrected chi connectivity index (χ4v) is 3.43. The van der Waals surface area contributed by atoms with Crippen LogP contribution in [0, 0.1) is 6.92 Å². The molecule has 0 aliphatic heterocycles. The van der Waals surface area contributed by atoms with Crippen LogP contribution in [0.5, 0.6) is 11.5 Å². The Bertz CT molecular complexity index is 1000. The van der Waals surface area contributed by atoms with Crippen molar-refractivity contribution in [2.45, 2.75) is 24.3 Å². The lowest BCUT2D eigenvalue weighted by Crippen LogP contribution is -2.24. The van der Waals surface area contributed by atoms with E-state index in [1.807, 2.05) is 49.4 Å². The van der Waals surface area contributed by atoms with E-state index in [1.165, 1.54) is 16.4 Å². The van der Waals surface area contributed by atoms with Crippen molar-refractivity contribution in [1.82, 2.24) is 14.9 Å². The number of methoxy groups -OCH3 is 2. The van der Waals surface area contributed by atoms with Crippen LogP contribution >= 0.6 is 11.8 Å². The lowest BCUT2D eigenvalue weighted by Gasteiger charge is -2.14. The third-order valence-electron chi connectivity index (χ3n) is 4.28. The summed E-state index contributed by atoms with van der Waals surface area (Å²) in [6, 6.07) is 12.9. The Hall–Kier alpha value is -3.20. The zero-order chi connectivity index (χ0) is 21.0. The van der Waals surface area contributed by atoms with Crippen molar-refractivity contribution in [3.63, 3.8) is 0 Å². The minimum atomic E-state index is -0.449. The lowest BCUT2D eigenvalue weighted by molar-refractivity contribution is -0.115. The molecule has 0 saturated carbocycles. The molecule has 0 bridgehead atoms. The van der Waals surface area contributed by atoms with Crippen LogP contribution in [0.4, 0.5) is 5.69 Å². The second-order valence-electron chi connectivity index (χ2n) is 6.36. The number of nitrogens with two attached hydrogens (primary N) is 1. The molecule has 8 nitrogen and oxygen atoms in total. The maximum Gasteiger partial charge on any atom is 0.237 e. The van der Waals surface area contributed by atoms with Crippen molar-refractivity contribution in [3.8, 4) is 22.9 Å². The molecule has 2 aromatic carbocycles. The largest absolute Gasteiger partial charge is 0.497 e. The van der Waals surface area contributed by atoms with Crippen LogP contribution < -0.4 is 20.6 Å². The second-order valence-corrected chi connectivity index (χ2v) is 7.67. The summed E-state index contributed by atoms with van der Waals surface area (Å²) in [6.45, 7) is 3.73. The normalized spacial score (nSPS) is 11.7. The number of benzene rings is 2. The minimum absolute atomic E-state index is 0.187. The topological polar surface area (TPSA) is 104 Å². The van der Waals surface area contributed by atoms with E-state index >= 15 is 0 Å². The Balaban J connectivity index is 1.72. The van der Waals surface area contributed by atoms with Gasteiger partial charge >= 0.3 is 0 Å². The third kappa shape index (κ3) is 4.62. The van der Waals surface area contributed by atoms with E-state index in [9.17, 15) is 4.79 Å². The molecule has 0 spiro atoms. The summed E-state index contributed by atoms with van der Waals surface area (Å²) < 4.78 is 11.8. The van der Waals surface area contributed by atoms with Gasteiger partial charge in [-0.1, -0.05) is 17.8 Å². The van der Waals surface area contributed by atoms with Gasteiger partial charge in [0.25, 0.3) is 0 Å². The van der Waals surface area contributed by atoms with Gasteiger partial charge in [-0.05, 0) is 55.8 Å². The first kappa shape index (κ1) is 20.5. The predicted octanol–water partition coefficient (Wildman–Crippen LogP) is 3.10. The molecule has 3 rings (SSSR count). The van der Waals surface area contributed by atoms with E-state index in [-0.39, 0.29) is 5.91 Å². The molecule has 0 fully saturated rings. The minimum Gasteiger partial charge on any atom is -0.497 e. The number of aromatic nitrogens is 3. The number of hydrogen-bond donors (Lipinski definition) is 2. The summed E-state index contributed by atoms with van der Waals surface area (Å²) in [6.07, 6.45) is 0. The van der Waals surface area contributed by atoms with E-state index in [0.717, 1.165) is 16.9 Å². The van der Waals surface area contributed by atoms with Gasteiger partial charge in [-0.2, -0.15) is 0 Å². The SMILES string of the molecule is COc1ccc(-c2nnc(SC(C)C(=O)Nc3cc(C)ccc3OC)n2N)cc1. The van der Waals surface area contributed by atoms with Gasteiger partial charge in [0.2, 0.25) is 11.1 Å². The van der Waals surface area contributed by atoms with E-state index in [0.29, 0.717) is 22.4 Å². The van der Waals surface area contributed by atoms with E-state index in [2.05, 4.69) is 15.5 Å². The molecule has 0 radical (unpaired) electrons. The van der Waals surface area contributed by atoms with Crippen LogP contribution in [0.2, 0.25) is 0 Å². The molecule has 152 valence electrons. The Morgan fingerprint density at radius 3 is 2.52 bits per heavy atom. The van der Waals surface area contributed by atoms with Crippen molar-refractivity contribution < 1.29 is 14.3 Å². The van der Waals surface area contributed by atoms with Crippen LogP contribution in [0.25, 0.3) is 11.4 Å². The number of carbonyl (C=O) groups is 1. The monoisotopic (exact) mass is 413 g/mol. The number of nitrogens with one attached hydrogen (secondary N) is 1. The molecule has 0 aliphatic carbocycles. The molecule has 29 heavy (non-hydrogen) atoms. The quantitative estimate of drug-likeness (QED) is 0.453. The molecule has 1 aromatic heterocycles. The first-order valence-electron chi connectivity index (χ1n) is 8.90. The molecule has 0 aliphatic rings. The van der Waals surface area contributed by atoms with Gasteiger partial charge in [-0.3, -0.25) is 4.79 Å². The fourth-order valence-electron chi connectivity index (χ4n) is 2.66. The van der Waals surface area contributed by atoms with Crippen molar-refractivity contribution in [3.05, 3.63) is 48.0 Å². The summed E-state index contributed by atoms with van der Waals surface area (Å²) in [4.78, 5) is 12.7. The van der Waals surface area contributed by atoms with Crippen LogP contribution in [-0.4, -0.2) is 40.3 Å². The molecule has 1 heterocycles. The molecule has 1 atom stereocenters. The Kier molecular flexibility index (Phi) is 6.28. The smallest absolute Gasteiger partial charge is 0.237 e. The van der Waals surface area contributed by atoms with Crippen LogP contribution in [0.15, 0.2) is 47.6 Å². The summed E-state index contributed by atoms with van der Waals surface area (Å²) in [5, 5.41) is 11.2. The summed E-state index contributed by atoms with van der Waals surface area (Å²) in [5.41, 5.74) is 2.44. The van der Waals surface area contributed by atoms with Crippen molar-refractivity contribution in [1.29, 1.82) is 0 Å². The molecule has 1 amide bonds. The predicted molar refractivity (Wildman–Crippen MR) is 114 cm³/mol. The van der Waals surface area contributed by atoms with E-state index in [4.69, 9.17) is 15.3 Å². The molecule has 3 aromatic rings. The van der Waals surface area contributed by atoms with E-state index < -0.39 is 5.25 Å². The Labute approximate surface area is 173 Å². The number of ether oxygens (including phenoxy) is 2. The zero-order valence-electron chi connectivity index (χ0n) is 16.7. The standard InChI is InChI=1S/C20H23N5O3S/c1-12-5-10-17(28-4)16(11-12)22-19(26)13(2)29-20-24-23-18(25(20)21)14-6-8-15(27-3)9-7-14/h5-11,13H,21H2,1-4H3,(H,22,26). The second kappa shape index (κ2) is 8.87. The van der Waals surface area contributed by atoms with Crippen LogP contribution in [-0.2, 0) is 4.79 Å². The van der Waals surface area contributed by atoms with Crippen molar-refractivity contribution in [2.75, 3.05) is 25.4 Å².